The van der Waals surface area contributed by atoms with Crippen LogP contribution in [-0.2, 0) is 0 Å². The van der Waals surface area contributed by atoms with Crippen LogP contribution in [0.15, 0.2) is 89.6 Å². The molecule has 234 valence electrons. The van der Waals surface area contributed by atoms with Gasteiger partial charge in [0.15, 0.2) is 10.6 Å². The molecule has 1 N–H and O–H groups in total. The van der Waals surface area contributed by atoms with Gasteiger partial charge in [0.2, 0.25) is 0 Å². The molecule has 3 aromatic carbocycles. The highest BCUT2D eigenvalue weighted by molar-refractivity contribution is 7.07. The summed E-state index contributed by atoms with van der Waals surface area (Å²) >= 11 is 1.35. The van der Waals surface area contributed by atoms with E-state index in [-0.39, 0.29) is 17.2 Å². The van der Waals surface area contributed by atoms with Crippen molar-refractivity contribution < 1.29 is 22.7 Å². The summed E-state index contributed by atoms with van der Waals surface area (Å²) < 4.78 is 44.6. The molecular weight excluding hydrogens is 615 g/mol. The van der Waals surface area contributed by atoms with E-state index < -0.39 is 12.4 Å². The highest BCUT2D eigenvalue weighted by atomic mass is 32.1. The molecule has 0 radical (unpaired) electrons. The Morgan fingerprint density at radius 2 is 1.80 bits per heavy atom. The van der Waals surface area contributed by atoms with Crippen molar-refractivity contribution in [2.75, 3.05) is 0 Å². The van der Waals surface area contributed by atoms with Gasteiger partial charge in [0.05, 0.1) is 16.9 Å². The Balaban J connectivity index is 1.31. The number of carbonyl (C=O) groups is 1. The zero-order valence-corrected chi connectivity index (χ0v) is 26.0. The van der Waals surface area contributed by atoms with E-state index in [2.05, 4.69) is 58.0 Å². The van der Waals surface area contributed by atoms with Gasteiger partial charge in [0, 0.05) is 22.8 Å². The number of hydrogen-bond donors (Lipinski definition) is 1. The van der Waals surface area contributed by atoms with Crippen LogP contribution in [0.4, 0.5) is 18.0 Å². The Kier molecular flexibility index (Phi) is 9.20. The van der Waals surface area contributed by atoms with Gasteiger partial charge in [-0.25, -0.2) is 14.5 Å². The molecule has 0 aliphatic heterocycles. The monoisotopic (exact) mass is 643 g/mol. The molecule has 0 fully saturated rings. The Morgan fingerprint density at radius 1 is 1.09 bits per heavy atom. The number of carbonyl (C=O) groups excluding carboxylic acids is 1. The summed E-state index contributed by atoms with van der Waals surface area (Å²) in [5.74, 6) is 0.294. The number of aryl methyl sites for hydroxylation is 2. The van der Waals surface area contributed by atoms with Gasteiger partial charge in [-0.3, -0.25) is 4.57 Å². The minimum absolute atomic E-state index is 0.214. The normalized spacial score (nSPS) is 12.3. The smallest absolute Gasteiger partial charge is 0.406 e. The molecule has 5 aromatic rings. The molecule has 5 rings (SSSR count). The molecule has 0 atom stereocenters. The summed E-state index contributed by atoms with van der Waals surface area (Å²) in [6, 6.07) is 19.6. The number of nitrogens with zero attached hydrogens (tertiary/aromatic N) is 6. The lowest BCUT2D eigenvalue weighted by molar-refractivity contribution is -0.274. The van der Waals surface area contributed by atoms with Gasteiger partial charge < -0.3 is 10.1 Å². The number of aromatic nitrogens is 4. The van der Waals surface area contributed by atoms with Crippen molar-refractivity contribution in [3.05, 3.63) is 112 Å². The van der Waals surface area contributed by atoms with E-state index in [0.717, 1.165) is 16.9 Å². The Morgan fingerprint density at radius 3 is 2.46 bits per heavy atom. The number of nitriles is 1. The van der Waals surface area contributed by atoms with E-state index in [1.54, 1.807) is 24.3 Å². The van der Waals surface area contributed by atoms with E-state index in [0.29, 0.717) is 27.4 Å². The van der Waals surface area contributed by atoms with E-state index in [1.807, 2.05) is 29.0 Å². The third kappa shape index (κ3) is 7.24. The fourth-order valence-corrected chi connectivity index (χ4v) is 5.79. The van der Waals surface area contributed by atoms with Crippen LogP contribution < -0.4 is 14.9 Å². The standard InChI is InChI=1S/C33H28F3N7O2S/c1-20(2)29-21(3)6-5-7-28(29)43-22(4)18-46-32(43)40-31(44)38-17-25(16-37)23-8-10-24(11-9-23)30-39-19-42(41-30)26-12-14-27(15-13-26)45-33(34,35)36/h5-15,17-20H,1-4H3,(H,38,44)/b25-17+,40-32-. The Bertz CT molecular complexity index is 2010. The average molecular weight is 644 g/mol. The van der Waals surface area contributed by atoms with Gasteiger partial charge in [-0.15, -0.1) is 29.6 Å². The molecule has 0 unspecified atom stereocenters. The van der Waals surface area contributed by atoms with E-state index in [1.165, 1.54) is 58.4 Å². The van der Waals surface area contributed by atoms with Crippen molar-refractivity contribution in [1.82, 2.24) is 24.6 Å². The number of amides is 2. The number of benzene rings is 3. The van der Waals surface area contributed by atoms with E-state index in [4.69, 9.17) is 0 Å². The average Bonchev–Trinajstić information content (AvgIpc) is 3.64. The molecule has 0 bridgehead atoms. The number of alkyl halides is 3. The topological polar surface area (TPSA) is 110 Å². The zero-order chi connectivity index (χ0) is 33.0. The van der Waals surface area contributed by atoms with Crippen molar-refractivity contribution in [2.24, 2.45) is 4.99 Å². The first-order chi connectivity index (χ1) is 21.9. The second-order valence-corrected chi connectivity index (χ2v) is 11.4. The summed E-state index contributed by atoms with van der Waals surface area (Å²) in [7, 11) is 0. The maximum absolute atomic E-state index is 12.9. The number of urea groups is 1. The van der Waals surface area contributed by atoms with Crippen LogP contribution in [-0.4, -0.2) is 31.7 Å². The van der Waals surface area contributed by atoms with Crippen molar-refractivity contribution in [1.29, 1.82) is 5.26 Å². The zero-order valence-electron chi connectivity index (χ0n) is 25.2. The molecular formula is C33H28F3N7O2S. The van der Waals surface area contributed by atoms with Crippen LogP contribution in [0.2, 0.25) is 0 Å². The van der Waals surface area contributed by atoms with Gasteiger partial charge in [-0.1, -0.05) is 50.2 Å². The summed E-state index contributed by atoms with van der Waals surface area (Å²) in [6.45, 7) is 8.29. The fraction of sp³-hybridized carbons (Fsp3) is 0.182. The SMILES string of the molecule is Cc1cccc(-n2c(C)cs/c2=N\C(=O)N/C=C(\C#N)c2ccc(-c3ncn(-c4ccc(OC(F)(F)F)cc4)n3)cc2)c1C(C)C. The lowest BCUT2D eigenvalue weighted by atomic mass is 9.96. The first-order valence-corrected chi connectivity index (χ1v) is 14.9. The van der Waals surface area contributed by atoms with Gasteiger partial charge in [0.1, 0.15) is 18.1 Å². The van der Waals surface area contributed by atoms with Gasteiger partial charge in [-0.2, -0.15) is 10.3 Å². The maximum Gasteiger partial charge on any atom is 0.573 e. The van der Waals surface area contributed by atoms with Gasteiger partial charge >= 0.3 is 12.4 Å². The molecule has 0 spiro atoms. The molecule has 9 nitrogen and oxygen atoms in total. The third-order valence-electron chi connectivity index (χ3n) is 6.94. The van der Waals surface area contributed by atoms with Crippen LogP contribution in [0.1, 0.15) is 42.1 Å². The third-order valence-corrected chi connectivity index (χ3v) is 7.88. The lowest BCUT2D eigenvalue weighted by Crippen LogP contribution is -2.22. The highest BCUT2D eigenvalue weighted by Gasteiger charge is 2.31. The second-order valence-electron chi connectivity index (χ2n) is 10.5. The number of ether oxygens (including phenoxy) is 1. The number of allylic oxidation sites excluding steroid dienone is 1. The number of halogens is 3. The molecule has 2 heterocycles. The van der Waals surface area contributed by atoms with Crippen LogP contribution in [0.3, 0.4) is 0 Å². The molecule has 13 heteroatoms. The van der Waals surface area contributed by atoms with Crippen molar-refractivity contribution >= 4 is 22.9 Å². The Labute approximate surface area is 266 Å². The molecule has 2 aromatic heterocycles. The largest absolute Gasteiger partial charge is 0.573 e. The molecule has 0 aliphatic carbocycles. The molecule has 0 saturated carbocycles. The van der Waals surface area contributed by atoms with Gasteiger partial charge in [-0.05, 0) is 66.8 Å². The summed E-state index contributed by atoms with van der Waals surface area (Å²) in [5.41, 5.74) is 6.16. The number of nitrogens with one attached hydrogen (secondary N) is 1. The van der Waals surface area contributed by atoms with Gasteiger partial charge in [0.25, 0.3) is 0 Å². The van der Waals surface area contributed by atoms with Crippen LogP contribution in [0.25, 0.3) is 28.3 Å². The molecule has 46 heavy (non-hydrogen) atoms. The van der Waals surface area contributed by atoms with Crippen LogP contribution in [0, 0.1) is 25.2 Å². The van der Waals surface area contributed by atoms with Crippen LogP contribution in [0.5, 0.6) is 5.75 Å². The first-order valence-electron chi connectivity index (χ1n) is 14.0. The quantitative estimate of drug-likeness (QED) is 0.184. The first kappa shape index (κ1) is 31.9. The summed E-state index contributed by atoms with van der Waals surface area (Å²) in [5, 5.41) is 18.7. The Hall–Kier alpha value is -5.48. The van der Waals surface area contributed by atoms with E-state index in [9.17, 15) is 23.2 Å². The number of hydrogen-bond acceptors (Lipinski definition) is 6. The minimum Gasteiger partial charge on any atom is -0.406 e. The minimum atomic E-state index is -4.78. The lowest BCUT2D eigenvalue weighted by Gasteiger charge is -2.17. The molecule has 0 aliphatic rings. The summed E-state index contributed by atoms with van der Waals surface area (Å²) in [4.78, 5) is 21.9. The predicted molar refractivity (Wildman–Crippen MR) is 168 cm³/mol. The van der Waals surface area contributed by atoms with Crippen molar-refractivity contribution in [2.45, 2.75) is 40.0 Å². The van der Waals surface area contributed by atoms with Crippen molar-refractivity contribution in [3.8, 4) is 34.6 Å². The van der Waals surface area contributed by atoms with E-state index >= 15 is 0 Å². The molecule has 0 saturated heterocycles. The summed E-state index contributed by atoms with van der Waals surface area (Å²) in [6.07, 6.45) is -2.02. The fourth-order valence-electron chi connectivity index (χ4n) is 4.93. The van der Waals surface area contributed by atoms with Crippen LogP contribution >= 0.6 is 11.3 Å². The maximum atomic E-state index is 12.9. The highest BCUT2D eigenvalue weighted by Crippen LogP contribution is 2.27. The van der Waals surface area contributed by atoms with Crippen molar-refractivity contribution in [3.63, 3.8) is 0 Å². The predicted octanol–water partition coefficient (Wildman–Crippen LogP) is 7.60. The number of rotatable bonds is 7. The number of thiazole rings is 1. The molecule has 2 amide bonds. The second kappa shape index (κ2) is 13.3.